The van der Waals surface area contributed by atoms with E-state index < -0.39 is 0 Å². The summed E-state index contributed by atoms with van der Waals surface area (Å²) in [7, 11) is 0. The van der Waals surface area contributed by atoms with Crippen molar-refractivity contribution >= 4 is 0 Å². The van der Waals surface area contributed by atoms with E-state index in [0.29, 0.717) is 5.92 Å². The summed E-state index contributed by atoms with van der Waals surface area (Å²) in [6.07, 6.45) is 3.84. The molecule has 3 nitrogen and oxygen atoms in total. The van der Waals surface area contributed by atoms with E-state index in [0.717, 1.165) is 42.8 Å². The number of hydrogen-bond donors (Lipinski definition) is 1. The molecule has 1 aliphatic rings. The Bertz CT molecular complexity index is 515. The van der Waals surface area contributed by atoms with Crippen molar-refractivity contribution in [3.63, 3.8) is 0 Å². The molecule has 0 radical (unpaired) electrons. The molecule has 0 atom stereocenters. The lowest BCUT2D eigenvalue weighted by molar-refractivity contribution is 0.328. The molecule has 2 heterocycles. The molecule has 0 bridgehead atoms. The second kappa shape index (κ2) is 4.90. The SMILES string of the molecule is Fc1ccc(-c2cnoc2C2CCNCC2)cc1. The fraction of sp³-hybridized carbons (Fsp3) is 0.357. The zero-order valence-corrected chi connectivity index (χ0v) is 10.0. The number of aromatic nitrogens is 1. The summed E-state index contributed by atoms with van der Waals surface area (Å²) in [5.74, 6) is 1.12. The number of halogens is 1. The van der Waals surface area contributed by atoms with Crippen LogP contribution in [0.1, 0.15) is 24.5 Å². The molecule has 0 spiro atoms. The predicted octanol–water partition coefficient (Wildman–Crippen LogP) is 2.95. The van der Waals surface area contributed by atoms with Crippen LogP contribution in [0.25, 0.3) is 11.1 Å². The van der Waals surface area contributed by atoms with Crippen molar-refractivity contribution in [2.24, 2.45) is 0 Å². The Morgan fingerprint density at radius 3 is 2.61 bits per heavy atom. The van der Waals surface area contributed by atoms with Gasteiger partial charge in [-0.1, -0.05) is 17.3 Å². The largest absolute Gasteiger partial charge is 0.360 e. The molecule has 0 saturated carbocycles. The summed E-state index contributed by atoms with van der Waals surface area (Å²) in [6, 6.07) is 6.47. The summed E-state index contributed by atoms with van der Waals surface area (Å²) in [4.78, 5) is 0. The molecule has 0 unspecified atom stereocenters. The Hall–Kier alpha value is -1.68. The topological polar surface area (TPSA) is 38.1 Å². The zero-order chi connectivity index (χ0) is 12.4. The molecule has 1 aliphatic heterocycles. The van der Waals surface area contributed by atoms with E-state index >= 15 is 0 Å². The summed E-state index contributed by atoms with van der Waals surface area (Å²) in [5, 5.41) is 7.24. The van der Waals surface area contributed by atoms with Gasteiger partial charge < -0.3 is 9.84 Å². The first kappa shape index (κ1) is 11.4. The lowest BCUT2D eigenvalue weighted by Gasteiger charge is -2.21. The van der Waals surface area contributed by atoms with Gasteiger partial charge in [0.2, 0.25) is 0 Å². The van der Waals surface area contributed by atoms with E-state index in [1.54, 1.807) is 18.3 Å². The minimum atomic E-state index is -0.223. The van der Waals surface area contributed by atoms with Crippen LogP contribution in [0, 0.1) is 5.82 Å². The van der Waals surface area contributed by atoms with Crippen LogP contribution >= 0.6 is 0 Å². The highest BCUT2D eigenvalue weighted by Gasteiger charge is 2.22. The first-order chi connectivity index (χ1) is 8.84. The van der Waals surface area contributed by atoms with E-state index in [9.17, 15) is 4.39 Å². The molecule has 1 N–H and O–H groups in total. The zero-order valence-electron chi connectivity index (χ0n) is 10.0. The van der Waals surface area contributed by atoms with E-state index in [4.69, 9.17) is 4.52 Å². The monoisotopic (exact) mass is 246 g/mol. The van der Waals surface area contributed by atoms with Crippen LogP contribution in [0.3, 0.4) is 0 Å². The van der Waals surface area contributed by atoms with Crippen LogP contribution in [0.2, 0.25) is 0 Å². The normalized spacial score (nSPS) is 16.9. The molecule has 4 heteroatoms. The molecule has 0 amide bonds. The Balaban J connectivity index is 1.93. The van der Waals surface area contributed by atoms with E-state index in [1.165, 1.54) is 12.1 Å². The molecular weight excluding hydrogens is 231 g/mol. The average molecular weight is 246 g/mol. The Kier molecular flexibility index (Phi) is 3.11. The molecule has 1 aromatic carbocycles. The fourth-order valence-corrected chi connectivity index (χ4v) is 2.47. The Morgan fingerprint density at radius 1 is 1.17 bits per heavy atom. The number of hydrogen-bond acceptors (Lipinski definition) is 3. The third-order valence-electron chi connectivity index (χ3n) is 3.46. The maximum atomic E-state index is 12.9. The summed E-state index contributed by atoms with van der Waals surface area (Å²) in [5.41, 5.74) is 1.95. The molecule has 2 aromatic rings. The third-order valence-corrected chi connectivity index (χ3v) is 3.46. The van der Waals surface area contributed by atoms with Crippen molar-refractivity contribution in [2.45, 2.75) is 18.8 Å². The lowest BCUT2D eigenvalue weighted by Crippen LogP contribution is -2.26. The van der Waals surface area contributed by atoms with Crippen molar-refractivity contribution < 1.29 is 8.91 Å². The second-order valence-corrected chi connectivity index (χ2v) is 4.63. The molecule has 0 aliphatic carbocycles. The van der Waals surface area contributed by atoms with Crippen molar-refractivity contribution in [2.75, 3.05) is 13.1 Å². The number of piperidine rings is 1. The van der Waals surface area contributed by atoms with Crippen molar-refractivity contribution in [1.29, 1.82) is 0 Å². The van der Waals surface area contributed by atoms with Gasteiger partial charge in [0.1, 0.15) is 11.6 Å². The van der Waals surface area contributed by atoms with E-state index in [2.05, 4.69) is 10.5 Å². The van der Waals surface area contributed by atoms with Crippen LogP contribution in [0.5, 0.6) is 0 Å². The molecule has 18 heavy (non-hydrogen) atoms. The molecular formula is C14H15FN2O. The average Bonchev–Trinajstić information content (AvgIpc) is 2.90. The minimum Gasteiger partial charge on any atom is -0.360 e. The smallest absolute Gasteiger partial charge is 0.147 e. The van der Waals surface area contributed by atoms with Crippen LogP contribution < -0.4 is 5.32 Å². The Morgan fingerprint density at radius 2 is 1.89 bits per heavy atom. The van der Waals surface area contributed by atoms with Gasteiger partial charge in [-0.25, -0.2) is 4.39 Å². The van der Waals surface area contributed by atoms with E-state index in [1.807, 2.05) is 0 Å². The molecule has 1 saturated heterocycles. The van der Waals surface area contributed by atoms with Gasteiger partial charge in [-0.15, -0.1) is 0 Å². The van der Waals surface area contributed by atoms with Gasteiger partial charge in [0, 0.05) is 11.5 Å². The molecule has 1 fully saturated rings. The highest BCUT2D eigenvalue weighted by molar-refractivity contribution is 5.65. The maximum Gasteiger partial charge on any atom is 0.147 e. The van der Waals surface area contributed by atoms with Gasteiger partial charge in [-0.2, -0.15) is 0 Å². The standard InChI is InChI=1S/C14H15FN2O/c15-12-3-1-10(2-4-12)13-9-17-18-14(13)11-5-7-16-8-6-11/h1-4,9,11,16H,5-8H2. The van der Waals surface area contributed by atoms with Crippen molar-refractivity contribution in [3.05, 3.63) is 42.0 Å². The third kappa shape index (κ3) is 2.16. The van der Waals surface area contributed by atoms with Gasteiger partial charge in [0.05, 0.1) is 6.20 Å². The van der Waals surface area contributed by atoms with Crippen LogP contribution in [-0.4, -0.2) is 18.2 Å². The van der Waals surface area contributed by atoms with Crippen molar-refractivity contribution in [3.8, 4) is 11.1 Å². The summed E-state index contributed by atoms with van der Waals surface area (Å²) >= 11 is 0. The van der Waals surface area contributed by atoms with Crippen molar-refractivity contribution in [1.82, 2.24) is 10.5 Å². The van der Waals surface area contributed by atoms with Gasteiger partial charge >= 0.3 is 0 Å². The quantitative estimate of drug-likeness (QED) is 0.885. The number of benzene rings is 1. The van der Waals surface area contributed by atoms with Crippen LogP contribution in [0.4, 0.5) is 4.39 Å². The molecule has 3 rings (SSSR count). The van der Waals surface area contributed by atoms with Gasteiger partial charge in [0.15, 0.2) is 0 Å². The second-order valence-electron chi connectivity index (χ2n) is 4.63. The summed E-state index contributed by atoms with van der Waals surface area (Å²) < 4.78 is 18.4. The Labute approximate surface area is 105 Å². The van der Waals surface area contributed by atoms with Crippen LogP contribution in [-0.2, 0) is 0 Å². The number of rotatable bonds is 2. The molecule has 94 valence electrons. The highest BCUT2D eigenvalue weighted by atomic mass is 19.1. The van der Waals surface area contributed by atoms with Gasteiger partial charge in [0.25, 0.3) is 0 Å². The predicted molar refractivity (Wildman–Crippen MR) is 66.7 cm³/mol. The van der Waals surface area contributed by atoms with Crippen LogP contribution in [0.15, 0.2) is 35.0 Å². The molecule has 1 aromatic heterocycles. The van der Waals surface area contributed by atoms with E-state index in [-0.39, 0.29) is 5.82 Å². The first-order valence-corrected chi connectivity index (χ1v) is 6.26. The summed E-state index contributed by atoms with van der Waals surface area (Å²) in [6.45, 7) is 2.02. The number of nitrogens with one attached hydrogen (secondary N) is 1. The highest BCUT2D eigenvalue weighted by Crippen LogP contribution is 2.33. The van der Waals surface area contributed by atoms with Gasteiger partial charge in [-0.3, -0.25) is 0 Å². The minimum absolute atomic E-state index is 0.223. The maximum absolute atomic E-state index is 12.9. The lowest BCUT2D eigenvalue weighted by atomic mass is 9.91. The van der Waals surface area contributed by atoms with Gasteiger partial charge in [-0.05, 0) is 43.6 Å². The fourth-order valence-electron chi connectivity index (χ4n) is 2.47. The first-order valence-electron chi connectivity index (χ1n) is 6.26. The number of nitrogens with zero attached hydrogens (tertiary/aromatic N) is 1.